The summed E-state index contributed by atoms with van der Waals surface area (Å²) in [6.45, 7) is 0. The summed E-state index contributed by atoms with van der Waals surface area (Å²) in [6, 6.07) is 3.57. The third-order valence-corrected chi connectivity index (χ3v) is 0.989. The summed E-state index contributed by atoms with van der Waals surface area (Å²) in [4.78, 5) is 0. The molecule has 0 bridgehead atoms. The van der Waals surface area contributed by atoms with Crippen molar-refractivity contribution in [2.24, 2.45) is 0 Å². The topological polar surface area (TPSA) is 13.1 Å². The summed E-state index contributed by atoms with van der Waals surface area (Å²) in [6.07, 6.45) is 3.12. The van der Waals surface area contributed by atoms with E-state index in [2.05, 4.69) is 11.8 Å². The molecule has 0 aliphatic heterocycles. The van der Waals surface area contributed by atoms with Crippen LogP contribution in [0.1, 0.15) is 5.76 Å². The first-order chi connectivity index (χ1) is 4.93. The first kappa shape index (κ1) is 6.98. The van der Waals surface area contributed by atoms with Gasteiger partial charge in [0.2, 0.25) is 0 Å². The van der Waals surface area contributed by atoms with Crippen LogP contribution in [-0.4, -0.2) is 0 Å². The van der Waals surface area contributed by atoms with Crippen molar-refractivity contribution in [3.05, 3.63) is 35.8 Å². The van der Waals surface area contributed by atoms with E-state index in [1.54, 1.807) is 24.5 Å². The second-order valence-corrected chi connectivity index (χ2v) is 1.79. The molecule has 1 aromatic rings. The fraction of sp³-hybridized carbons (Fsp3) is 0. The van der Waals surface area contributed by atoms with Gasteiger partial charge in [-0.1, -0.05) is 17.5 Å². The van der Waals surface area contributed by atoms with Crippen molar-refractivity contribution < 1.29 is 4.42 Å². The van der Waals surface area contributed by atoms with Crippen molar-refractivity contribution in [3.63, 3.8) is 0 Å². The highest BCUT2D eigenvalue weighted by Gasteiger charge is 1.82. The molecule has 1 heterocycles. The van der Waals surface area contributed by atoms with Crippen LogP contribution in [0, 0.1) is 11.8 Å². The van der Waals surface area contributed by atoms with Crippen LogP contribution in [0.3, 0.4) is 0 Å². The zero-order valence-corrected chi connectivity index (χ0v) is 5.93. The van der Waals surface area contributed by atoms with E-state index in [9.17, 15) is 0 Å². The molecule has 0 aromatic carbocycles. The molecule has 0 N–H and O–H groups in total. The van der Waals surface area contributed by atoms with Gasteiger partial charge in [0.25, 0.3) is 0 Å². The molecule has 1 aromatic heterocycles. The predicted molar refractivity (Wildman–Crippen MR) is 40.6 cm³/mol. The van der Waals surface area contributed by atoms with Gasteiger partial charge in [0.05, 0.1) is 6.26 Å². The molecular formula is C8H5ClO. The maximum Gasteiger partial charge on any atom is 0.176 e. The highest BCUT2D eigenvalue weighted by Crippen LogP contribution is 1.95. The molecule has 0 atom stereocenters. The van der Waals surface area contributed by atoms with Crippen molar-refractivity contribution >= 4 is 11.6 Å². The largest absolute Gasteiger partial charge is 0.456 e. The molecule has 1 nitrogen and oxygen atoms in total. The summed E-state index contributed by atoms with van der Waals surface area (Å²) >= 11 is 5.23. The smallest absolute Gasteiger partial charge is 0.176 e. The first-order valence-electron chi connectivity index (χ1n) is 2.74. The van der Waals surface area contributed by atoms with Gasteiger partial charge < -0.3 is 4.42 Å². The second kappa shape index (κ2) is 3.81. The van der Waals surface area contributed by atoms with Crippen LogP contribution in [-0.2, 0) is 0 Å². The van der Waals surface area contributed by atoms with E-state index < -0.39 is 0 Å². The maximum absolute atomic E-state index is 5.23. The van der Waals surface area contributed by atoms with Gasteiger partial charge in [-0.05, 0) is 24.1 Å². The maximum atomic E-state index is 5.23. The molecule has 0 amide bonds. The quantitative estimate of drug-likeness (QED) is 0.521. The zero-order valence-electron chi connectivity index (χ0n) is 5.17. The van der Waals surface area contributed by atoms with Gasteiger partial charge >= 0.3 is 0 Å². The highest BCUT2D eigenvalue weighted by molar-refractivity contribution is 6.25. The van der Waals surface area contributed by atoms with Gasteiger partial charge in [0.15, 0.2) is 5.76 Å². The minimum absolute atomic E-state index is 0.648. The van der Waals surface area contributed by atoms with E-state index >= 15 is 0 Å². The lowest BCUT2D eigenvalue weighted by Gasteiger charge is -1.72. The molecule has 0 saturated carbocycles. The Morgan fingerprint density at radius 2 is 2.50 bits per heavy atom. The standard InChI is InChI=1S/C8H5ClO/c9-6-2-1-4-8-5-3-7-10-8/h2-3,5-7H. The van der Waals surface area contributed by atoms with E-state index in [-0.39, 0.29) is 0 Å². The Kier molecular flexibility index (Phi) is 2.66. The van der Waals surface area contributed by atoms with Crippen molar-refractivity contribution in [2.75, 3.05) is 0 Å². The minimum Gasteiger partial charge on any atom is -0.456 e. The highest BCUT2D eigenvalue weighted by atomic mass is 35.5. The normalized spacial score (nSPS) is 9.30. The fourth-order valence-electron chi connectivity index (χ4n) is 0.494. The molecule has 0 aliphatic carbocycles. The summed E-state index contributed by atoms with van der Waals surface area (Å²) in [7, 11) is 0. The number of allylic oxidation sites excluding steroid dienone is 1. The monoisotopic (exact) mass is 152 g/mol. The lowest BCUT2D eigenvalue weighted by molar-refractivity contribution is 0.554. The molecule has 0 radical (unpaired) electrons. The Morgan fingerprint density at radius 3 is 3.10 bits per heavy atom. The SMILES string of the molecule is ClC=CC#Cc1ccco1. The Hall–Kier alpha value is -1.13. The van der Waals surface area contributed by atoms with Gasteiger partial charge in [-0.3, -0.25) is 0 Å². The number of hydrogen-bond donors (Lipinski definition) is 0. The van der Waals surface area contributed by atoms with Crippen LogP contribution in [0.25, 0.3) is 0 Å². The van der Waals surface area contributed by atoms with Gasteiger partial charge in [-0.2, -0.15) is 0 Å². The van der Waals surface area contributed by atoms with E-state index in [1.165, 1.54) is 5.54 Å². The predicted octanol–water partition coefficient (Wildman–Crippen LogP) is 2.38. The Morgan fingerprint density at radius 1 is 1.60 bits per heavy atom. The molecule has 50 valence electrons. The average Bonchev–Trinajstić information content (AvgIpc) is 2.41. The number of halogens is 1. The number of hydrogen-bond acceptors (Lipinski definition) is 1. The van der Waals surface area contributed by atoms with E-state index in [1.807, 2.05) is 0 Å². The van der Waals surface area contributed by atoms with Gasteiger partial charge in [-0.25, -0.2) is 0 Å². The average molecular weight is 153 g/mol. The summed E-state index contributed by atoms with van der Waals surface area (Å²) in [5.74, 6) is 6.07. The fourth-order valence-corrected chi connectivity index (χ4v) is 0.557. The van der Waals surface area contributed by atoms with Gasteiger partial charge in [0, 0.05) is 5.54 Å². The third kappa shape index (κ3) is 2.00. The minimum atomic E-state index is 0.648. The lowest BCUT2D eigenvalue weighted by Crippen LogP contribution is -1.59. The van der Waals surface area contributed by atoms with Gasteiger partial charge in [0.1, 0.15) is 0 Å². The number of rotatable bonds is 0. The van der Waals surface area contributed by atoms with E-state index in [0.29, 0.717) is 5.76 Å². The Bertz CT molecular complexity index is 261. The van der Waals surface area contributed by atoms with Gasteiger partial charge in [-0.15, -0.1) is 0 Å². The summed E-state index contributed by atoms with van der Waals surface area (Å²) in [5, 5.41) is 0. The first-order valence-corrected chi connectivity index (χ1v) is 3.17. The van der Waals surface area contributed by atoms with E-state index in [0.717, 1.165) is 0 Å². The molecular weight excluding hydrogens is 148 g/mol. The molecule has 0 fully saturated rings. The molecule has 2 heteroatoms. The molecule has 10 heavy (non-hydrogen) atoms. The van der Waals surface area contributed by atoms with Crippen LogP contribution >= 0.6 is 11.6 Å². The summed E-state index contributed by atoms with van der Waals surface area (Å²) < 4.78 is 4.93. The lowest BCUT2D eigenvalue weighted by atomic mass is 10.4. The van der Waals surface area contributed by atoms with Crippen molar-refractivity contribution in [1.29, 1.82) is 0 Å². The van der Waals surface area contributed by atoms with Crippen molar-refractivity contribution in [2.45, 2.75) is 0 Å². The Balaban J connectivity index is 2.66. The van der Waals surface area contributed by atoms with Crippen molar-refractivity contribution in [1.82, 2.24) is 0 Å². The van der Waals surface area contributed by atoms with Crippen LogP contribution in [0.15, 0.2) is 34.4 Å². The summed E-state index contributed by atoms with van der Waals surface area (Å²) in [5.41, 5.74) is 1.36. The van der Waals surface area contributed by atoms with Crippen molar-refractivity contribution in [3.8, 4) is 11.8 Å². The third-order valence-electron chi connectivity index (χ3n) is 0.863. The molecule has 0 aliphatic rings. The van der Waals surface area contributed by atoms with Crippen LogP contribution < -0.4 is 0 Å². The van der Waals surface area contributed by atoms with E-state index in [4.69, 9.17) is 16.0 Å². The molecule has 1 rings (SSSR count). The zero-order chi connectivity index (χ0) is 7.23. The molecule has 0 spiro atoms. The Labute approximate surface area is 64.3 Å². The van der Waals surface area contributed by atoms with Crippen LogP contribution in [0.5, 0.6) is 0 Å². The van der Waals surface area contributed by atoms with Crippen LogP contribution in [0.2, 0.25) is 0 Å². The molecule has 0 saturated heterocycles. The second-order valence-electron chi connectivity index (χ2n) is 1.54. The number of furan rings is 1. The van der Waals surface area contributed by atoms with Crippen LogP contribution in [0.4, 0.5) is 0 Å². The molecule has 0 unspecified atom stereocenters.